The maximum Gasteiger partial charge on any atom is 0.325 e. The monoisotopic (exact) mass is 733 g/mol. The molecule has 0 aliphatic carbocycles. The maximum absolute atomic E-state index is 13.3. The number of H-pyrrole nitrogens is 1. The number of primary amides is 1. The first-order valence-electron chi connectivity index (χ1n) is 16.9. The zero-order valence-electron chi connectivity index (χ0n) is 29.0. The minimum absolute atomic E-state index is 0.0854. The summed E-state index contributed by atoms with van der Waals surface area (Å²) in [7, 11) is 0. The molecule has 1 aromatic heterocycles. The van der Waals surface area contributed by atoms with E-state index in [1.807, 2.05) is 0 Å². The average Bonchev–Trinajstić information content (AvgIpc) is 3.90. The highest BCUT2D eigenvalue weighted by atomic mass is 16.4. The number of imidazole rings is 1. The molecule has 52 heavy (non-hydrogen) atoms. The quantitative estimate of drug-likeness (QED) is 0.0688. The number of aromatic nitrogens is 2. The number of carboxylic acid groups (broad SMARTS) is 1. The van der Waals surface area contributed by atoms with Gasteiger partial charge in [0.1, 0.15) is 36.3 Å². The molecule has 2 saturated heterocycles. The van der Waals surface area contributed by atoms with Gasteiger partial charge in [-0.05, 0) is 46.0 Å². The van der Waals surface area contributed by atoms with E-state index in [1.54, 1.807) is 0 Å². The molecule has 11 N–H and O–H groups in total. The Hall–Kier alpha value is -5.60. The molecule has 21 nitrogen and oxygen atoms in total. The summed E-state index contributed by atoms with van der Waals surface area (Å²) in [6.07, 6.45) is 3.90. The van der Waals surface area contributed by atoms with Crippen LogP contribution in [0.2, 0.25) is 0 Å². The Balaban J connectivity index is 1.61. The molecule has 2 fully saturated rings. The van der Waals surface area contributed by atoms with Crippen molar-refractivity contribution < 1.29 is 48.3 Å². The lowest BCUT2D eigenvalue weighted by molar-refractivity contribution is -0.145. The van der Waals surface area contributed by atoms with Gasteiger partial charge >= 0.3 is 5.97 Å². The molecule has 2 aliphatic heterocycles. The summed E-state index contributed by atoms with van der Waals surface area (Å²) in [5.74, 6) is -6.54. The third kappa shape index (κ3) is 11.5. The van der Waals surface area contributed by atoms with Crippen molar-refractivity contribution in [3.63, 3.8) is 0 Å². The molecule has 1 aromatic rings. The molecule has 2 aliphatic rings. The second kappa shape index (κ2) is 19.1. The van der Waals surface area contributed by atoms with Gasteiger partial charge in [-0.25, -0.2) is 4.98 Å². The molecule has 0 aromatic carbocycles. The Morgan fingerprint density at radius 2 is 1.50 bits per heavy atom. The maximum atomic E-state index is 13.3. The number of hydrogen-bond donors (Lipinski definition) is 9. The van der Waals surface area contributed by atoms with Crippen molar-refractivity contribution >= 4 is 53.2 Å². The first-order valence-corrected chi connectivity index (χ1v) is 16.9. The van der Waals surface area contributed by atoms with Crippen molar-refractivity contribution in [2.24, 2.45) is 11.5 Å². The van der Waals surface area contributed by atoms with Gasteiger partial charge in [0.05, 0.1) is 19.4 Å². The van der Waals surface area contributed by atoms with Gasteiger partial charge in [-0.15, -0.1) is 0 Å². The molecule has 6 atom stereocenters. The molecule has 0 spiro atoms. The number of nitrogens with one attached hydrogen (secondary N) is 6. The van der Waals surface area contributed by atoms with E-state index in [0.29, 0.717) is 25.0 Å². The molecule has 0 bridgehead atoms. The van der Waals surface area contributed by atoms with Crippen molar-refractivity contribution in [1.82, 2.24) is 46.4 Å². The molecule has 286 valence electrons. The number of aliphatic carboxylic acids is 1. The molecule has 0 saturated carbocycles. The third-order valence-corrected chi connectivity index (χ3v) is 8.71. The summed E-state index contributed by atoms with van der Waals surface area (Å²) in [5, 5.41) is 21.5. The van der Waals surface area contributed by atoms with Crippen LogP contribution in [0.25, 0.3) is 0 Å². The van der Waals surface area contributed by atoms with Crippen LogP contribution in [0.4, 0.5) is 0 Å². The highest BCUT2D eigenvalue weighted by Crippen LogP contribution is 2.20. The van der Waals surface area contributed by atoms with Gasteiger partial charge in [-0.3, -0.25) is 43.2 Å². The number of aromatic amines is 1. The predicted octanol–water partition coefficient (Wildman–Crippen LogP) is -4.66. The van der Waals surface area contributed by atoms with Crippen LogP contribution in [0.15, 0.2) is 12.5 Å². The van der Waals surface area contributed by atoms with Gasteiger partial charge in [0.2, 0.25) is 47.3 Å². The van der Waals surface area contributed by atoms with Crippen LogP contribution < -0.4 is 38.1 Å². The fraction of sp³-hybridized carbons (Fsp3) is 0.613. The lowest BCUT2D eigenvalue weighted by Crippen LogP contribution is -2.57. The van der Waals surface area contributed by atoms with Crippen LogP contribution in [-0.4, -0.2) is 141 Å². The minimum atomic E-state index is -1.26. The van der Waals surface area contributed by atoms with Gasteiger partial charge in [-0.1, -0.05) is 0 Å². The van der Waals surface area contributed by atoms with Crippen molar-refractivity contribution in [2.45, 2.75) is 95.0 Å². The van der Waals surface area contributed by atoms with Crippen LogP contribution in [0.5, 0.6) is 0 Å². The van der Waals surface area contributed by atoms with E-state index < -0.39 is 103 Å². The van der Waals surface area contributed by atoms with E-state index in [2.05, 4.69) is 36.6 Å². The molecule has 0 radical (unpaired) electrons. The van der Waals surface area contributed by atoms with E-state index in [1.165, 1.54) is 36.2 Å². The molecular weight excluding hydrogens is 686 g/mol. The summed E-state index contributed by atoms with van der Waals surface area (Å²) in [6.45, 7) is 2.22. The topological polar surface area (TPSA) is 321 Å². The first kappa shape index (κ1) is 40.8. The highest BCUT2D eigenvalue weighted by molar-refractivity contribution is 5.97. The lowest BCUT2D eigenvalue weighted by Gasteiger charge is -2.29. The van der Waals surface area contributed by atoms with Crippen LogP contribution in [-0.2, 0) is 49.6 Å². The molecule has 21 heteroatoms. The van der Waals surface area contributed by atoms with E-state index in [0.717, 1.165) is 0 Å². The lowest BCUT2D eigenvalue weighted by atomic mass is 10.1. The number of carbonyl (C=O) groups is 9. The molecule has 0 unspecified atom stereocenters. The second-order valence-electron chi connectivity index (χ2n) is 12.6. The average molecular weight is 734 g/mol. The molecule has 8 amide bonds. The van der Waals surface area contributed by atoms with Gasteiger partial charge in [0.15, 0.2) is 0 Å². The number of nitrogens with two attached hydrogens (primary N) is 2. The zero-order valence-corrected chi connectivity index (χ0v) is 29.0. The molecular formula is C31H47N11O10. The molecule has 3 heterocycles. The van der Waals surface area contributed by atoms with Crippen molar-refractivity contribution in [3.8, 4) is 0 Å². The van der Waals surface area contributed by atoms with E-state index in [-0.39, 0.29) is 38.8 Å². The zero-order chi connectivity index (χ0) is 38.5. The Morgan fingerprint density at radius 3 is 2.08 bits per heavy atom. The Morgan fingerprint density at radius 1 is 0.885 bits per heavy atom. The summed E-state index contributed by atoms with van der Waals surface area (Å²) in [4.78, 5) is 123. The predicted molar refractivity (Wildman–Crippen MR) is 179 cm³/mol. The summed E-state index contributed by atoms with van der Waals surface area (Å²) < 4.78 is 0. The summed E-state index contributed by atoms with van der Waals surface area (Å²) >= 11 is 0. The van der Waals surface area contributed by atoms with Crippen LogP contribution in [0.3, 0.4) is 0 Å². The number of likely N-dealkylation sites (tertiary alicyclic amines) is 2. The standard InChI is InChI=1S/C31H47N11O10/c1-16(30(50)42-10-4-6-22(42)29(49)38-17(2)31(51)52)37-28(48)21-5-3-9-41(21)25(45)14-35-26(46)20(11-18-13-34-15-36-18)40-27(47)19(7-8-23(33)43)39-24(44)12-32/h13,15-17,19-22H,3-12,14,32H2,1-2H3,(H2,33,43)(H,34,36)(H,35,46)(H,37,48)(H,38,49)(H,39,44)(H,40,47)(H,51,52)/t16-,17-,19-,20-,21-,22-/m0/s1. The first-order chi connectivity index (χ1) is 24.6. The van der Waals surface area contributed by atoms with Crippen molar-refractivity contribution in [3.05, 3.63) is 18.2 Å². The van der Waals surface area contributed by atoms with Crippen molar-refractivity contribution in [2.75, 3.05) is 26.2 Å². The van der Waals surface area contributed by atoms with Gasteiger partial charge in [0.25, 0.3) is 0 Å². The van der Waals surface area contributed by atoms with E-state index in [9.17, 15) is 43.2 Å². The van der Waals surface area contributed by atoms with Crippen LogP contribution in [0, 0.1) is 0 Å². The van der Waals surface area contributed by atoms with Crippen LogP contribution >= 0.6 is 0 Å². The van der Waals surface area contributed by atoms with Crippen molar-refractivity contribution in [1.29, 1.82) is 0 Å². The highest BCUT2D eigenvalue weighted by Gasteiger charge is 2.40. The van der Waals surface area contributed by atoms with E-state index >= 15 is 0 Å². The summed E-state index contributed by atoms with van der Waals surface area (Å²) in [5.41, 5.74) is 11.0. The fourth-order valence-corrected chi connectivity index (χ4v) is 5.93. The van der Waals surface area contributed by atoms with Gasteiger partial charge in [0, 0.05) is 37.8 Å². The third-order valence-electron chi connectivity index (χ3n) is 8.71. The second-order valence-corrected chi connectivity index (χ2v) is 12.6. The largest absolute Gasteiger partial charge is 0.480 e. The van der Waals surface area contributed by atoms with Gasteiger partial charge in [-0.2, -0.15) is 0 Å². The Labute approximate surface area is 298 Å². The minimum Gasteiger partial charge on any atom is -0.480 e. The molecule has 3 rings (SSSR count). The smallest absolute Gasteiger partial charge is 0.325 e. The number of nitrogens with zero attached hydrogens (tertiary/aromatic N) is 3. The Bertz CT molecular complexity index is 1500. The fourth-order valence-electron chi connectivity index (χ4n) is 5.93. The number of amides is 8. The van der Waals surface area contributed by atoms with Gasteiger partial charge < -0.3 is 57.9 Å². The number of carbonyl (C=O) groups excluding carboxylic acids is 8. The normalized spacial score (nSPS) is 19.1. The van der Waals surface area contributed by atoms with E-state index in [4.69, 9.17) is 16.6 Å². The SMILES string of the molecule is C[C@H](NC(=O)[C@@H]1CCCN1C(=O)[C@H](C)NC(=O)[C@@H]1CCCN1C(=O)CNC(=O)[C@H](Cc1cnc[nH]1)NC(=O)[C@H](CCC(N)=O)NC(=O)CN)C(=O)O. The number of carboxylic acids is 1. The Kier molecular flexibility index (Phi) is 15.0. The van der Waals surface area contributed by atoms with Crippen LogP contribution in [0.1, 0.15) is 58.1 Å². The number of hydrogen-bond acceptors (Lipinski definition) is 11. The number of rotatable bonds is 18. The summed E-state index contributed by atoms with van der Waals surface area (Å²) in [6, 6.07) is -6.57.